The number of carbonyl (C=O) groups is 1. The Balaban J connectivity index is 1.98. The summed E-state index contributed by atoms with van der Waals surface area (Å²) >= 11 is 5.41. The van der Waals surface area contributed by atoms with Gasteiger partial charge >= 0.3 is 11.6 Å². The summed E-state index contributed by atoms with van der Waals surface area (Å²) in [5, 5.41) is 13.7. The molecule has 3 rings (SSSR count). The number of hydrogen-bond donors (Lipinski definition) is 0. The second-order valence-corrected chi connectivity index (χ2v) is 8.42. The number of thiophene rings is 1. The molecule has 0 atom stereocenters. The third-order valence-electron chi connectivity index (χ3n) is 3.49. The second-order valence-electron chi connectivity index (χ2n) is 5.32. The first-order valence-electron chi connectivity index (χ1n) is 7.70. The van der Waals surface area contributed by atoms with Gasteiger partial charge in [-0.3, -0.25) is 14.9 Å². The number of hydrogen-bond acceptors (Lipinski definition) is 8. The molecule has 2 heterocycles. The minimum absolute atomic E-state index is 0.188. The molecule has 0 saturated heterocycles. The summed E-state index contributed by atoms with van der Waals surface area (Å²) in [4.78, 5) is 35.1. The molecular weight excluding hydrogens is 458 g/mol. The van der Waals surface area contributed by atoms with Crippen LogP contribution >= 0.6 is 39.0 Å². The summed E-state index contributed by atoms with van der Waals surface area (Å²) in [6.07, 6.45) is -0.194. The van der Waals surface area contributed by atoms with Gasteiger partial charge in [0.2, 0.25) is 0 Å². The third kappa shape index (κ3) is 4.40. The zero-order valence-corrected chi connectivity index (χ0v) is 17.1. The maximum absolute atomic E-state index is 12.2. The van der Waals surface area contributed by atoms with E-state index in [0.717, 1.165) is 27.6 Å². The number of nitro groups is 1. The van der Waals surface area contributed by atoms with Crippen molar-refractivity contribution in [3.05, 3.63) is 60.2 Å². The highest BCUT2D eigenvalue weighted by atomic mass is 79.9. The van der Waals surface area contributed by atoms with E-state index in [9.17, 15) is 19.7 Å². The minimum Gasteiger partial charge on any atom is -0.466 e. The van der Waals surface area contributed by atoms with Gasteiger partial charge in [-0.15, -0.1) is 11.3 Å². The van der Waals surface area contributed by atoms with E-state index in [2.05, 4.69) is 15.9 Å². The summed E-state index contributed by atoms with van der Waals surface area (Å²) in [7, 11) is 0. The lowest BCUT2D eigenvalue weighted by atomic mass is 10.2. The van der Waals surface area contributed by atoms with Crippen LogP contribution in [0.15, 0.2) is 52.4 Å². The standard InChI is InChI=1S/C17H12BrNO6S2/c1-2-24-14(20)7-10-8-26-17(15(10)19(22)23)27-13-6-9-5-11(18)3-4-12(9)25-16(13)21/h3-6,8H,2,7H2,1H3. The van der Waals surface area contributed by atoms with Crippen LogP contribution in [0.5, 0.6) is 0 Å². The molecule has 0 N–H and O–H groups in total. The van der Waals surface area contributed by atoms with Crippen molar-refractivity contribution in [2.45, 2.75) is 22.4 Å². The highest BCUT2D eigenvalue weighted by Gasteiger charge is 2.26. The Morgan fingerprint density at radius 1 is 1.41 bits per heavy atom. The molecule has 0 saturated carbocycles. The molecule has 140 valence electrons. The molecule has 2 aromatic heterocycles. The van der Waals surface area contributed by atoms with Crippen molar-refractivity contribution in [2.24, 2.45) is 0 Å². The van der Waals surface area contributed by atoms with Crippen molar-refractivity contribution >= 4 is 61.7 Å². The van der Waals surface area contributed by atoms with Crippen LogP contribution in [0.2, 0.25) is 0 Å². The topological polar surface area (TPSA) is 99.7 Å². The van der Waals surface area contributed by atoms with Gasteiger partial charge in [0.05, 0.1) is 28.4 Å². The molecule has 0 unspecified atom stereocenters. The number of halogens is 1. The van der Waals surface area contributed by atoms with E-state index in [1.807, 2.05) is 0 Å². The third-order valence-corrected chi connectivity index (χ3v) is 6.22. The van der Waals surface area contributed by atoms with Crippen molar-refractivity contribution in [1.82, 2.24) is 0 Å². The van der Waals surface area contributed by atoms with Gasteiger partial charge in [-0.1, -0.05) is 27.7 Å². The van der Waals surface area contributed by atoms with Crippen LogP contribution in [0.1, 0.15) is 12.5 Å². The van der Waals surface area contributed by atoms with Crippen LogP contribution < -0.4 is 5.63 Å². The summed E-state index contributed by atoms with van der Waals surface area (Å²) < 4.78 is 11.3. The average Bonchev–Trinajstić information content (AvgIpc) is 2.98. The SMILES string of the molecule is CCOC(=O)Cc1csc(Sc2cc3cc(Br)ccc3oc2=O)c1[N+](=O)[O-]. The van der Waals surface area contributed by atoms with Gasteiger partial charge in [-0.25, -0.2) is 4.79 Å². The smallest absolute Gasteiger partial charge is 0.350 e. The molecule has 0 bridgehead atoms. The van der Waals surface area contributed by atoms with Gasteiger partial charge in [0, 0.05) is 15.2 Å². The maximum atomic E-state index is 12.2. The van der Waals surface area contributed by atoms with E-state index in [1.54, 1.807) is 31.2 Å². The molecule has 0 amide bonds. The highest BCUT2D eigenvalue weighted by Crippen LogP contribution is 2.41. The zero-order valence-electron chi connectivity index (χ0n) is 13.9. The Kier molecular flexibility index (Phi) is 5.98. The van der Waals surface area contributed by atoms with E-state index in [4.69, 9.17) is 9.15 Å². The first-order valence-corrected chi connectivity index (χ1v) is 10.2. The summed E-state index contributed by atoms with van der Waals surface area (Å²) in [6, 6.07) is 6.84. The molecule has 27 heavy (non-hydrogen) atoms. The van der Waals surface area contributed by atoms with E-state index < -0.39 is 16.5 Å². The van der Waals surface area contributed by atoms with Crippen LogP contribution in [0, 0.1) is 10.1 Å². The Bertz CT molecular complexity index is 1090. The first-order chi connectivity index (χ1) is 12.9. The van der Waals surface area contributed by atoms with Crippen molar-refractivity contribution in [2.75, 3.05) is 6.61 Å². The molecule has 0 aliphatic heterocycles. The van der Waals surface area contributed by atoms with Crippen LogP contribution in [-0.2, 0) is 16.0 Å². The number of fused-ring (bicyclic) bond motifs is 1. The van der Waals surface area contributed by atoms with Crippen LogP contribution in [-0.4, -0.2) is 17.5 Å². The zero-order chi connectivity index (χ0) is 19.6. The number of ether oxygens (including phenoxy) is 1. The molecule has 10 heteroatoms. The van der Waals surface area contributed by atoms with E-state index >= 15 is 0 Å². The van der Waals surface area contributed by atoms with Crippen molar-refractivity contribution in [3.8, 4) is 0 Å². The van der Waals surface area contributed by atoms with Gasteiger partial charge in [0.25, 0.3) is 5.69 Å². The quantitative estimate of drug-likeness (QED) is 0.221. The van der Waals surface area contributed by atoms with E-state index in [0.29, 0.717) is 15.2 Å². The van der Waals surface area contributed by atoms with Gasteiger partial charge in [-0.05, 0) is 31.2 Å². The summed E-state index contributed by atoms with van der Waals surface area (Å²) in [5.74, 6) is -0.537. The molecule has 0 radical (unpaired) electrons. The van der Waals surface area contributed by atoms with Gasteiger partial charge in [-0.2, -0.15) is 0 Å². The number of benzene rings is 1. The number of rotatable bonds is 6. The monoisotopic (exact) mass is 469 g/mol. The van der Waals surface area contributed by atoms with Crippen LogP contribution in [0.3, 0.4) is 0 Å². The molecule has 0 aliphatic carbocycles. The molecule has 3 aromatic rings. The second kappa shape index (κ2) is 8.24. The maximum Gasteiger partial charge on any atom is 0.350 e. The summed E-state index contributed by atoms with van der Waals surface area (Å²) in [6.45, 7) is 1.87. The normalized spacial score (nSPS) is 10.9. The fraction of sp³-hybridized carbons (Fsp3) is 0.176. The molecule has 0 fully saturated rings. The van der Waals surface area contributed by atoms with Gasteiger partial charge in [0.1, 0.15) is 9.79 Å². The lowest BCUT2D eigenvalue weighted by Gasteiger charge is -2.02. The van der Waals surface area contributed by atoms with Crippen LogP contribution in [0.4, 0.5) is 5.69 Å². The van der Waals surface area contributed by atoms with Crippen LogP contribution in [0.25, 0.3) is 11.0 Å². The largest absolute Gasteiger partial charge is 0.466 e. The first kappa shape index (κ1) is 19.6. The molecule has 0 aliphatic rings. The Labute approximate surface area is 169 Å². The predicted octanol–water partition coefficient (Wildman–Crippen LogP) is 4.78. The average molecular weight is 470 g/mol. The Morgan fingerprint density at radius 3 is 2.89 bits per heavy atom. The van der Waals surface area contributed by atoms with Gasteiger partial charge < -0.3 is 9.15 Å². The van der Waals surface area contributed by atoms with Crippen molar-refractivity contribution < 1.29 is 18.9 Å². The molecule has 7 nitrogen and oxygen atoms in total. The fourth-order valence-electron chi connectivity index (χ4n) is 2.37. The predicted molar refractivity (Wildman–Crippen MR) is 106 cm³/mol. The Morgan fingerprint density at radius 2 is 2.19 bits per heavy atom. The minimum atomic E-state index is -0.579. The van der Waals surface area contributed by atoms with Gasteiger partial charge in [0.15, 0.2) is 0 Å². The number of nitrogens with zero attached hydrogens (tertiary/aromatic N) is 1. The van der Waals surface area contributed by atoms with Crippen molar-refractivity contribution in [1.29, 1.82) is 0 Å². The summed E-state index contributed by atoms with van der Waals surface area (Å²) in [5.41, 5.74) is -0.0774. The molecular formula is C17H12BrNO6S2. The van der Waals surface area contributed by atoms with E-state index in [-0.39, 0.29) is 29.2 Å². The van der Waals surface area contributed by atoms with Crippen molar-refractivity contribution in [3.63, 3.8) is 0 Å². The molecule has 1 aromatic carbocycles. The lowest BCUT2D eigenvalue weighted by Crippen LogP contribution is -2.08. The number of esters is 1. The fourth-order valence-corrected chi connectivity index (χ4v) is 4.93. The van der Waals surface area contributed by atoms with E-state index in [1.165, 1.54) is 5.38 Å². The highest BCUT2D eigenvalue weighted by molar-refractivity contribution is 9.10. The number of carbonyl (C=O) groups excluding carboxylic acids is 1. The molecule has 0 spiro atoms. The Hall–Kier alpha value is -2.17. The lowest BCUT2D eigenvalue weighted by molar-refractivity contribution is -0.387.